The SMILES string of the molecule is O=[C-]C(CCO)SCc1ccc(-c2ccc(Cl)cc2)cc1.[Na+]. The molecule has 0 aliphatic heterocycles. The largest absolute Gasteiger partial charge is 1.00 e. The third kappa shape index (κ3) is 6.07. The van der Waals surface area contributed by atoms with Crippen LogP contribution < -0.4 is 29.6 Å². The van der Waals surface area contributed by atoms with Crippen molar-refractivity contribution in [3.8, 4) is 11.1 Å². The zero-order valence-corrected chi connectivity index (χ0v) is 16.0. The van der Waals surface area contributed by atoms with Crippen LogP contribution in [0.25, 0.3) is 11.1 Å². The molecule has 2 aromatic rings. The Kier molecular flexibility index (Phi) is 9.41. The summed E-state index contributed by atoms with van der Waals surface area (Å²) in [5.74, 6) is 0.737. The number of halogens is 1. The Morgan fingerprint density at radius 1 is 1.05 bits per heavy atom. The van der Waals surface area contributed by atoms with Crippen molar-refractivity contribution in [3.05, 3.63) is 59.1 Å². The van der Waals surface area contributed by atoms with Gasteiger partial charge in [-0.15, -0.1) is 0 Å². The molecule has 2 nitrogen and oxygen atoms in total. The van der Waals surface area contributed by atoms with Crippen molar-refractivity contribution in [2.45, 2.75) is 17.4 Å². The van der Waals surface area contributed by atoms with Crippen molar-refractivity contribution >= 4 is 29.6 Å². The van der Waals surface area contributed by atoms with Gasteiger partial charge in [0.15, 0.2) is 0 Å². The molecule has 2 rings (SSSR count). The Labute approximate surface area is 162 Å². The molecule has 22 heavy (non-hydrogen) atoms. The van der Waals surface area contributed by atoms with Crippen LogP contribution in [0, 0.1) is 0 Å². The summed E-state index contributed by atoms with van der Waals surface area (Å²) in [4.78, 5) is 10.7. The summed E-state index contributed by atoms with van der Waals surface area (Å²) in [7, 11) is 0. The average molecular weight is 343 g/mol. The van der Waals surface area contributed by atoms with Gasteiger partial charge in [-0.05, 0) is 35.2 Å². The van der Waals surface area contributed by atoms with E-state index in [1.165, 1.54) is 11.8 Å². The third-order valence-electron chi connectivity index (χ3n) is 3.11. The number of benzene rings is 2. The van der Waals surface area contributed by atoms with Crippen molar-refractivity contribution in [2.75, 3.05) is 6.61 Å². The van der Waals surface area contributed by atoms with Crippen LogP contribution >= 0.6 is 23.4 Å². The Morgan fingerprint density at radius 3 is 2.09 bits per heavy atom. The minimum atomic E-state index is -0.258. The Hall–Kier alpha value is -0.290. The minimum Gasteiger partial charge on any atom is -0.541 e. The first kappa shape index (κ1) is 19.8. The Balaban J connectivity index is 0.00000242. The molecule has 0 aliphatic rings. The van der Waals surface area contributed by atoms with Crippen molar-refractivity contribution < 1.29 is 39.5 Å². The van der Waals surface area contributed by atoms with Crippen molar-refractivity contribution in [3.63, 3.8) is 0 Å². The molecule has 1 N–H and O–H groups in total. The van der Waals surface area contributed by atoms with Crippen LogP contribution in [-0.2, 0) is 10.5 Å². The molecule has 110 valence electrons. The van der Waals surface area contributed by atoms with Crippen LogP contribution in [0.3, 0.4) is 0 Å². The van der Waals surface area contributed by atoms with E-state index in [4.69, 9.17) is 16.7 Å². The molecule has 0 fully saturated rings. The molecule has 2 aromatic carbocycles. The molecule has 0 amide bonds. The Bertz CT molecular complexity index is 572. The second kappa shape index (κ2) is 10.5. The van der Waals surface area contributed by atoms with Crippen molar-refractivity contribution in [1.82, 2.24) is 0 Å². The Morgan fingerprint density at radius 2 is 1.59 bits per heavy atom. The van der Waals surface area contributed by atoms with Crippen LogP contribution in [-0.4, -0.2) is 23.2 Å². The topological polar surface area (TPSA) is 37.3 Å². The van der Waals surface area contributed by atoms with Gasteiger partial charge in [0.2, 0.25) is 0 Å². The van der Waals surface area contributed by atoms with E-state index in [-0.39, 0.29) is 41.4 Å². The quantitative estimate of drug-likeness (QED) is 0.605. The smallest absolute Gasteiger partial charge is 0.541 e. The van der Waals surface area contributed by atoms with E-state index in [0.29, 0.717) is 6.42 Å². The maximum Gasteiger partial charge on any atom is 1.00 e. The number of hydrogen-bond acceptors (Lipinski definition) is 3. The van der Waals surface area contributed by atoms with Crippen molar-refractivity contribution in [1.29, 1.82) is 0 Å². The van der Waals surface area contributed by atoms with Gasteiger partial charge in [0.1, 0.15) is 0 Å². The number of thioether (sulfide) groups is 1. The van der Waals surface area contributed by atoms with E-state index < -0.39 is 0 Å². The summed E-state index contributed by atoms with van der Waals surface area (Å²) in [5, 5.41) is 9.32. The minimum absolute atomic E-state index is 0. The average Bonchev–Trinajstić information content (AvgIpc) is 2.53. The molecule has 0 bridgehead atoms. The van der Waals surface area contributed by atoms with E-state index >= 15 is 0 Å². The summed E-state index contributed by atoms with van der Waals surface area (Å²) in [6.07, 6.45) is 2.41. The van der Waals surface area contributed by atoms with Gasteiger partial charge in [-0.2, -0.15) is 11.8 Å². The summed E-state index contributed by atoms with van der Waals surface area (Å²) in [5.41, 5.74) is 3.41. The molecule has 0 spiro atoms. The molecule has 1 atom stereocenters. The number of rotatable bonds is 7. The van der Waals surface area contributed by atoms with Gasteiger partial charge in [0, 0.05) is 17.4 Å². The van der Waals surface area contributed by atoms with Crippen LogP contribution in [0.15, 0.2) is 48.5 Å². The molecule has 0 saturated heterocycles. The monoisotopic (exact) mass is 342 g/mol. The van der Waals surface area contributed by atoms with E-state index in [0.717, 1.165) is 27.5 Å². The molecule has 0 heterocycles. The van der Waals surface area contributed by atoms with Crippen LogP contribution in [0.2, 0.25) is 5.02 Å². The molecular formula is C17H16ClNaO2S. The van der Waals surface area contributed by atoms with E-state index in [2.05, 4.69) is 24.3 Å². The standard InChI is InChI=1S/C17H16ClO2S.Na/c18-16-7-5-15(6-8-16)14-3-1-13(2-4-14)12-21-17(11-20)9-10-19;/h1-8,17,19H,9-10,12H2;/q-1;+1. The molecule has 0 radical (unpaired) electrons. The fourth-order valence-corrected chi connectivity index (χ4v) is 2.98. The molecule has 0 saturated carbocycles. The second-order valence-corrected chi connectivity index (χ2v) is 6.26. The van der Waals surface area contributed by atoms with Gasteiger partial charge in [-0.1, -0.05) is 53.2 Å². The summed E-state index contributed by atoms with van der Waals surface area (Å²) >= 11 is 7.38. The molecule has 5 heteroatoms. The van der Waals surface area contributed by atoms with Gasteiger partial charge < -0.3 is 9.90 Å². The normalized spacial score (nSPS) is 11.5. The van der Waals surface area contributed by atoms with Gasteiger partial charge in [-0.3, -0.25) is 6.29 Å². The summed E-state index contributed by atoms with van der Waals surface area (Å²) < 4.78 is 0. The van der Waals surface area contributed by atoms with Crippen LogP contribution in [0.4, 0.5) is 0 Å². The molecular weight excluding hydrogens is 327 g/mol. The molecule has 0 aromatic heterocycles. The molecule has 1 unspecified atom stereocenters. The first-order valence-corrected chi connectivity index (χ1v) is 8.10. The zero-order valence-electron chi connectivity index (χ0n) is 12.5. The molecule has 0 aliphatic carbocycles. The maximum atomic E-state index is 10.7. The van der Waals surface area contributed by atoms with E-state index in [1.807, 2.05) is 30.6 Å². The maximum absolute atomic E-state index is 10.7. The fraction of sp³-hybridized carbons (Fsp3) is 0.235. The van der Waals surface area contributed by atoms with Crippen LogP contribution in [0.5, 0.6) is 0 Å². The van der Waals surface area contributed by atoms with Gasteiger partial charge in [0.25, 0.3) is 0 Å². The summed E-state index contributed by atoms with van der Waals surface area (Å²) in [6, 6.07) is 16.0. The first-order chi connectivity index (χ1) is 10.2. The summed E-state index contributed by atoms with van der Waals surface area (Å²) in [6.45, 7) is 0.0163. The van der Waals surface area contributed by atoms with Gasteiger partial charge >= 0.3 is 29.6 Å². The fourth-order valence-electron chi connectivity index (χ4n) is 1.93. The van der Waals surface area contributed by atoms with E-state index in [1.54, 1.807) is 0 Å². The van der Waals surface area contributed by atoms with Crippen LogP contribution in [0.1, 0.15) is 12.0 Å². The van der Waals surface area contributed by atoms with Gasteiger partial charge in [-0.25, -0.2) is 0 Å². The number of aliphatic hydroxyl groups excluding tert-OH is 1. The first-order valence-electron chi connectivity index (χ1n) is 6.68. The van der Waals surface area contributed by atoms with E-state index in [9.17, 15) is 4.79 Å². The predicted octanol–water partition coefficient (Wildman–Crippen LogP) is 1.10. The van der Waals surface area contributed by atoms with Gasteiger partial charge in [0.05, 0.1) is 0 Å². The predicted molar refractivity (Wildman–Crippen MR) is 89.4 cm³/mol. The second-order valence-electron chi connectivity index (χ2n) is 4.63. The number of hydrogen-bond donors (Lipinski definition) is 1. The van der Waals surface area contributed by atoms with Crippen molar-refractivity contribution in [2.24, 2.45) is 0 Å². The third-order valence-corrected chi connectivity index (χ3v) is 4.59. The number of carbonyl (C=O) groups excluding carboxylic acids is 1. The number of aliphatic hydroxyl groups is 1. The zero-order chi connectivity index (χ0) is 15.1.